The van der Waals surface area contributed by atoms with Gasteiger partial charge in [-0.1, -0.05) is 23.7 Å². The number of benzene rings is 2. The van der Waals surface area contributed by atoms with Crippen LogP contribution in [0.5, 0.6) is 5.75 Å². The highest BCUT2D eigenvalue weighted by atomic mass is 35.5. The molecule has 0 saturated carbocycles. The van der Waals surface area contributed by atoms with Gasteiger partial charge in [-0.25, -0.2) is 10.4 Å². The fourth-order valence-electron chi connectivity index (χ4n) is 1.99. The second-order valence-electron chi connectivity index (χ2n) is 4.57. The summed E-state index contributed by atoms with van der Waals surface area (Å²) in [7, 11) is 0. The lowest BCUT2D eigenvalue weighted by molar-refractivity contribution is -0.398. The van der Waals surface area contributed by atoms with Crippen LogP contribution in [0.1, 0.15) is 5.56 Å². The van der Waals surface area contributed by atoms with Gasteiger partial charge in [-0.05, 0) is 29.5 Å². The molecular weight excluding hydrogens is 322 g/mol. The summed E-state index contributed by atoms with van der Waals surface area (Å²) in [4.78, 5) is 17.2. The molecule has 0 radical (unpaired) electrons. The highest BCUT2D eigenvalue weighted by molar-refractivity contribution is 6.31. The van der Waals surface area contributed by atoms with E-state index in [9.17, 15) is 15.2 Å². The minimum atomic E-state index is -0.726. The van der Waals surface area contributed by atoms with Crippen LogP contribution < -0.4 is 10.5 Å². The average Bonchev–Trinajstić information content (AvgIpc) is 2.90. The zero-order valence-corrected chi connectivity index (χ0v) is 12.2. The molecule has 0 amide bonds. The summed E-state index contributed by atoms with van der Waals surface area (Å²) in [5, 5.41) is 27.0. The van der Waals surface area contributed by atoms with Gasteiger partial charge in [0.25, 0.3) is 5.69 Å². The Morgan fingerprint density at radius 2 is 2.17 bits per heavy atom. The summed E-state index contributed by atoms with van der Waals surface area (Å²) in [5.41, 5.74) is 3.67. The largest absolute Gasteiger partial charge is 0.867 e. The summed E-state index contributed by atoms with van der Waals surface area (Å²) in [6, 6.07) is 9.19. The van der Waals surface area contributed by atoms with Crippen LogP contribution in [0, 0.1) is 10.1 Å². The fourth-order valence-corrected chi connectivity index (χ4v) is 2.16. The van der Waals surface area contributed by atoms with Crippen molar-refractivity contribution < 1.29 is 10.0 Å². The zero-order valence-electron chi connectivity index (χ0n) is 11.5. The predicted octanol–water partition coefficient (Wildman–Crippen LogP) is 2.64. The molecule has 23 heavy (non-hydrogen) atoms. The number of H-pyrrole nitrogens is 1. The van der Waals surface area contributed by atoms with E-state index < -0.39 is 16.4 Å². The standard InChI is InChI=1S/C14H10ClN5O3/c15-9-4-5-10-11(6-9)18-14(17-10)19-16-7-8-2-1-3-12(13(8)21)20(22)23/h1-7,21H,(H2,17,18,19)/p-1. The lowest BCUT2D eigenvalue weighted by Crippen LogP contribution is -2.02. The Hall–Kier alpha value is -3.13. The second-order valence-corrected chi connectivity index (χ2v) is 5.01. The number of nitro groups is 1. The monoisotopic (exact) mass is 330 g/mol. The molecule has 0 spiro atoms. The summed E-state index contributed by atoms with van der Waals surface area (Å²) in [6.07, 6.45) is 1.20. The van der Waals surface area contributed by atoms with Crippen LogP contribution in [-0.2, 0) is 0 Å². The molecule has 1 heterocycles. The van der Waals surface area contributed by atoms with E-state index >= 15 is 0 Å². The lowest BCUT2D eigenvalue weighted by Gasteiger charge is -2.09. The molecule has 0 fully saturated rings. The topological polar surface area (TPSA) is 119 Å². The summed E-state index contributed by atoms with van der Waals surface area (Å²) < 4.78 is 0. The minimum absolute atomic E-state index is 0.103. The van der Waals surface area contributed by atoms with Crippen LogP contribution >= 0.6 is 11.6 Å². The smallest absolute Gasteiger partial charge is 0.262 e. The van der Waals surface area contributed by atoms with Gasteiger partial charge in [0, 0.05) is 11.1 Å². The van der Waals surface area contributed by atoms with Gasteiger partial charge in [0.05, 0.1) is 22.2 Å². The summed E-state index contributed by atoms with van der Waals surface area (Å²) in [6.45, 7) is 0. The lowest BCUT2D eigenvalue weighted by atomic mass is 10.2. The Morgan fingerprint density at radius 3 is 2.96 bits per heavy atom. The number of imidazole rings is 1. The van der Waals surface area contributed by atoms with Crippen LogP contribution in [0.25, 0.3) is 11.0 Å². The Bertz CT molecular complexity index is 922. The molecule has 0 saturated heterocycles. The van der Waals surface area contributed by atoms with Crippen molar-refractivity contribution in [3.05, 3.63) is 57.1 Å². The Kier molecular flexibility index (Phi) is 3.82. The van der Waals surface area contributed by atoms with Gasteiger partial charge in [-0.3, -0.25) is 10.1 Å². The maximum atomic E-state index is 11.8. The maximum Gasteiger partial charge on any atom is 0.262 e. The van der Waals surface area contributed by atoms with Crippen LogP contribution in [0.3, 0.4) is 0 Å². The van der Waals surface area contributed by atoms with Crippen molar-refractivity contribution in [2.45, 2.75) is 0 Å². The molecule has 2 N–H and O–H groups in total. The molecule has 0 aliphatic rings. The van der Waals surface area contributed by atoms with Crippen molar-refractivity contribution in [1.82, 2.24) is 9.97 Å². The first-order valence-corrected chi connectivity index (χ1v) is 6.81. The van der Waals surface area contributed by atoms with E-state index in [1.54, 1.807) is 18.2 Å². The van der Waals surface area contributed by atoms with E-state index in [0.717, 1.165) is 11.6 Å². The van der Waals surface area contributed by atoms with Crippen molar-refractivity contribution >= 4 is 40.5 Å². The van der Waals surface area contributed by atoms with Crippen LogP contribution in [0.2, 0.25) is 5.02 Å². The summed E-state index contributed by atoms with van der Waals surface area (Å²) >= 11 is 5.88. The van der Waals surface area contributed by atoms with Gasteiger partial charge in [-0.15, -0.1) is 0 Å². The number of rotatable bonds is 4. The number of aromatic amines is 1. The van der Waals surface area contributed by atoms with Gasteiger partial charge in [0.1, 0.15) is 0 Å². The molecule has 8 nitrogen and oxygen atoms in total. The van der Waals surface area contributed by atoms with Crippen LogP contribution in [-0.4, -0.2) is 21.1 Å². The molecule has 0 bridgehead atoms. The third-order valence-electron chi connectivity index (χ3n) is 3.04. The van der Waals surface area contributed by atoms with Crippen molar-refractivity contribution in [1.29, 1.82) is 0 Å². The van der Waals surface area contributed by atoms with Crippen molar-refractivity contribution in [3.63, 3.8) is 0 Å². The first-order valence-electron chi connectivity index (χ1n) is 6.43. The number of hydrogen-bond acceptors (Lipinski definition) is 6. The Morgan fingerprint density at radius 1 is 1.35 bits per heavy atom. The third-order valence-corrected chi connectivity index (χ3v) is 3.27. The van der Waals surface area contributed by atoms with E-state index in [1.807, 2.05) is 0 Å². The number of fused-ring (bicyclic) bond motifs is 1. The number of nitrogens with one attached hydrogen (secondary N) is 2. The average molecular weight is 331 g/mol. The molecule has 9 heteroatoms. The molecule has 0 aliphatic carbocycles. The number of halogens is 1. The van der Waals surface area contributed by atoms with E-state index in [-0.39, 0.29) is 5.56 Å². The number of hydrazone groups is 1. The highest BCUT2D eigenvalue weighted by Crippen LogP contribution is 2.25. The third kappa shape index (κ3) is 3.06. The molecule has 0 unspecified atom stereocenters. The fraction of sp³-hybridized carbons (Fsp3) is 0. The summed E-state index contributed by atoms with van der Waals surface area (Å²) in [5.74, 6) is -0.337. The van der Waals surface area contributed by atoms with Gasteiger partial charge in [0.15, 0.2) is 0 Å². The Balaban J connectivity index is 1.80. The molecule has 0 aliphatic heterocycles. The van der Waals surface area contributed by atoms with Gasteiger partial charge >= 0.3 is 0 Å². The SMILES string of the molecule is O=[N+]([O-])c1cccc(C=NNc2nc3ccc(Cl)cc3[nH]2)c1[O-]. The van der Waals surface area contributed by atoms with Gasteiger partial charge in [-0.2, -0.15) is 5.10 Å². The van der Waals surface area contributed by atoms with E-state index in [2.05, 4.69) is 20.5 Å². The van der Waals surface area contributed by atoms with Gasteiger partial charge < -0.3 is 10.1 Å². The minimum Gasteiger partial charge on any atom is -0.867 e. The Labute approximate surface area is 134 Å². The molecule has 116 valence electrons. The zero-order chi connectivity index (χ0) is 16.4. The van der Waals surface area contributed by atoms with Crippen molar-refractivity contribution in [2.24, 2.45) is 5.10 Å². The van der Waals surface area contributed by atoms with Gasteiger partial charge in [0.2, 0.25) is 5.95 Å². The molecule has 1 aromatic heterocycles. The van der Waals surface area contributed by atoms with E-state index in [4.69, 9.17) is 11.6 Å². The molecule has 2 aromatic carbocycles. The number of hydrogen-bond donors (Lipinski definition) is 2. The first kappa shape index (κ1) is 14.8. The molecule has 3 aromatic rings. The van der Waals surface area contributed by atoms with Crippen molar-refractivity contribution in [2.75, 3.05) is 5.43 Å². The van der Waals surface area contributed by atoms with Crippen LogP contribution in [0.4, 0.5) is 11.6 Å². The first-order chi connectivity index (χ1) is 11.0. The number of nitro benzene ring substituents is 1. The van der Waals surface area contributed by atoms with E-state index in [0.29, 0.717) is 16.5 Å². The van der Waals surface area contributed by atoms with E-state index in [1.165, 1.54) is 18.3 Å². The molecule has 0 atom stereocenters. The quantitative estimate of drug-likeness (QED) is 0.433. The second kappa shape index (κ2) is 5.93. The predicted molar refractivity (Wildman–Crippen MR) is 84.9 cm³/mol. The molecular formula is C14H9ClN5O3-. The number of para-hydroxylation sites is 1. The highest BCUT2D eigenvalue weighted by Gasteiger charge is 2.08. The maximum absolute atomic E-state index is 11.8. The van der Waals surface area contributed by atoms with Crippen LogP contribution in [0.15, 0.2) is 41.5 Å². The normalized spacial score (nSPS) is 11.2. The number of aromatic nitrogens is 2. The van der Waals surface area contributed by atoms with Crippen molar-refractivity contribution in [3.8, 4) is 5.75 Å². The molecule has 3 rings (SSSR count). The number of anilines is 1. The number of nitrogens with zero attached hydrogens (tertiary/aromatic N) is 3.